The first kappa shape index (κ1) is 12.1. The van der Waals surface area contributed by atoms with E-state index in [9.17, 15) is 0 Å². The van der Waals surface area contributed by atoms with Gasteiger partial charge in [-0.1, -0.05) is 39.0 Å². The summed E-state index contributed by atoms with van der Waals surface area (Å²) in [5.74, 6) is 1.27. The van der Waals surface area contributed by atoms with Crippen LogP contribution in [0.1, 0.15) is 32.8 Å². The van der Waals surface area contributed by atoms with Crippen molar-refractivity contribution in [2.45, 2.75) is 32.7 Å². The summed E-state index contributed by atoms with van der Waals surface area (Å²) in [6.45, 7) is 6.42. The van der Waals surface area contributed by atoms with Crippen LogP contribution < -0.4 is 10.5 Å². The molecule has 0 aliphatic rings. The summed E-state index contributed by atoms with van der Waals surface area (Å²) in [4.78, 5) is 0. The van der Waals surface area contributed by atoms with Gasteiger partial charge in [0, 0.05) is 11.1 Å². The Kier molecular flexibility index (Phi) is 3.75. The number of nitrogens with two attached hydrogens (primary N) is 1. The minimum atomic E-state index is -0.299. The minimum absolute atomic E-state index is 0.299. The van der Waals surface area contributed by atoms with Gasteiger partial charge < -0.3 is 10.5 Å². The predicted molar refractivity (Wildman–Crippen MR) is 64.0 cm³/mol. The molecule has 1 aromatic carbocycles. The maximum absolute atomic E-state index is 6.46. The first-order valence-corrected chi connectivity index (χ1v) is 5.48. The molecule has 0 spiro atoms. The van der Waals surface area contributed by atoms with Crippen LogP contribution in [-0.2, 0) is 5.54 Å². The Morgan fingerprint density at radius 3 is 2.40 bits per heavy atom. The SMILES string of the molecule is CCC(N)(c1ccccc1OC)C(C)C. The predicted octanol–water partition coefficient (Wildman–Crippen LogP) is 2.92. The van der Waals surface area contributed by atoms with Crippen molar-refractivity contribution in [1.82, 2.24) is 0 Å². The number of para-hydroxylation sites is 1. The van der Waals surface area contributed by atoms with Crippen molar-refractivity contribution in [2.75, 3.05) is 7.11 Å². The monoisotopic (exact) mass is 207 g/mol. The first-order chi connectivity index (χ1) is 7.06. The fourth-order valence-electron chi connectivity index (χ4n) is 1.94. The van der Waals surface area contributed by atoms with E-state index in [2.05, 4.69) is 26.8 Å². The Bertz CT molecular complexity index is 322. The lowest BCUT2D eigenvalue weighted by Crippen LogP contribution is -2.41. The molecule has 1 rings (SSSR count). The third kappa shape index (κ3) is 2.15. The van der Waals surface area contributed by atoms with E-state index in [0.29, 0.717) is 5.92 Å². The topological polar surface area (TPSA) is 35.2 Å². The molecule has 0 fully saturated rings. The van der Waals surface area contributed by atoms with E-state index in [0.717, 1.165) is 17.7 Å². The van der Waals surface area contributed by atoms with Crippen LogP contribution in [0.5, 0.6) is 5.75 Å². The van der Waals surface area contributed by atoms with Crippen LogP contribution in [0, 0.1) is 5.92 Å². The second-order valence-electron chi connectivity index (χ2n) is 4.25. The van der Waals surface area contributed by atoms with E-state index < -0.39 is 0 Å². The molecule has 0 bridgehead atoms. The van der Waals surface area contributed by atoms with Crippen LogP contribution in [0.4, 0.5) is 0 Å². The molecule has 0 radical (unpaired) electrons. The summed E-state index contributed by atoms with van der Waals surface area (Å²) in [5, 5.41) is 0. The highest BCUT2D eigenvalue weighted by Crippen LogP contribution is 2.35. The molecule has 15 heavy (non-hydrogen) atoms. The molecule has 2 N–H and O–H groups in total. The third-order valence-electron chi connectivity index (χ3n) is 3.22. The summed E-state index contributed by atoms with van der Waals surface area (Å²) in [6.07, 6.45) is 0.908. The van der Waals surface area contributed by atoms with Gasteiger partial charge in [-0.2, -0.15) is 0 Å². The van der Waals surface area contributed by atoms with Crippen LogP contribution in [0.25, 0.3) is 0 Å². The van der Waals surface area contributed by atoms with Gasteiger partial charge in [0.05, 0.1) is 7.11 Å². The standard InChI is InChI=1S/C13H21NO/c1-5-13(14,10(2)3)11-8-6-7-9-12(11)15-4/h6-10H,5,14H2,1-4H3. The summed E-state index contributed by atoms with van der Waals surface area (Å²) >= 11 is 0. The maximum atomic E-state index is 6.46. The van der Waals surface area contributed by atoms with Crippen molar-refractivity contribution < 1.29 is 4.74 Å². The highest BCUT2D eigenvalue weighted by molar-refractivity contribution is 5.39. The van der Waals surface area contributed by atoms with Crippen LogP contribution in [0.2, 0.25) is 0 Å². The van der Waals surface area contributed by atoms with E-state index >= 15 is 0 Å². The Hall–Kier alpha value is -1.02. The zero-order valence-electron chi connectivity index (χ0n) is 10.1. The van der Waals surface area contributed by atoms with Crippen molar-refractivity contribution in [1.29, 1.82) is 0 Å². The highest BCUT2D eigenvalue weighted by atomic mass is 16.5. The van der Waals surface area contributed by atoms with E-state index in [1.165, 1.54) is 0 Å². The summed E-state index contributed by atoms with van der Waals surface area (Å²) < 4.78 is 5.36. The number of hydrogen-bond donors (Lipinski definition) is 1. The maximum Gasteiger partial charge on any atom is 0.123 e. The van der Waals surface area contributed by atoms with E-state index in [1.807, 2.05) is 18.2 Å². The zero-order valence-corrected chi connectivity index (χ0v) is 10.1. The third-order valence-corrected chi connectivity index (χ3v) is 3.22. The Balaban J connectivity index is 3.23. The van der Waals surface area contributed by atoms with Gasteiger partial charge in [-0.15, -0.1) is 0 Å². The van der Waals surface area contributed by atoms with Crippen LogP contribution in [0.15, 0.2) is 24.3 Å². The van der Waals surface area contributed by atoms with Gasteiger partial charge in [-0.25, -0.2) is 0 Å². The number of ether oxygens (including phenoxy) is 1. The second-order valence-corrected chi connectivity index (χ2v) is 4.25. The quantitative estimate of drug-likeness (QED) is 0.824. The number of methoxy groups -OCH3 is 1. The van der Waals surface area contributed by atoms with Crippen molar-refractivity contribution in [3.8, 4) is 5.75 Å². The molecule has 1 atom stereocenters. The average Bonchev–Trinajstić information content (AvgIpc) is 2.27. The molecule has 0 aromatic heterocycles. The van der Waals surface area contributed by atoms with Gasteiger partial charge in [0.1, 0.15) is 5.75 Å². The molecule has 0 saturated heterocycles. The Morgan fingerprint density at radius 2 is 1.93 bits per heavy atom. The molecule has 1 unspecified atom stereocenters. The number of hydrogen-bond acceptors (Lipinski definition) is 2. The van der Waals surface area contributed by atoms with Gasteiger partial charge in [0.15, 0.2) is 0 Å². The van der Waals surface area contributed by atoms with E-state index in [1.54, 1.807) is 7.11 Å². The molecular formula is C13H21NO. The van der Waals surface area contributed by atoms with Gasteiger partial charge in [-0.05, 0) is 18.4 Å². The van der Waals surface area contributed by atoms with Crippen LogP contribution in [0.3, 0.4) is 0 Å². The normalized spacial score (nSPS) is 15.1. The lowest BCUT2D eigenvalue weighted by molar-refractivity contribution is 0.290. The Labute approximate surface area is 92.4 Å². The lowest BCUT2D eigenvalue weighted by atomic mass is 9.78. The smallest absolute Gasteiger partial charge is 0.123 e. The molecular weight excluding hydrogens is 186 g/mol. The summed E-state index contributed by atoms with van der Waals surface area (Å²) in [5.41, 5.74) is 7.26. The Morgan fingerprint density at radius 1 is 1.33 bits per heavy atom. The number of benzene rings is 1. The van der Waals surface area contributed by atoms with Crippen molar-refractivity contribution in [3.63, 3.8) is 0 Å². The van der Waals surface area contributed by atoms with Crippen molar-refractivity contribution >= 4 is 0 Å². The highest BCUT2D eigenvalue weighted by Gasteiger charge is 2.31. The van der Waals surface area contributed by atoms with Crippen LogP contribution >= 0.6 is 0 Å². The molecule has 0 heterocycles. The molecule has 0 amide bonds. The van der Waals surface area contributed by atoms with Gasteiger partial charge >= 0.3 is 0 Å². The fraction of sp³-hybridized carbons (Fsp3) is 0.538. The molecule has 0 aliphatic heterocycles. The van der Waals surface area contributed by atoms with Gasteiger partial charge in [-0.3, -0.25) is 0 Å². The van der Waals surface area contributed by atoms with E-state index in [-0.39, 0.29) is 5.54 Å². The van der Waals surface area contributed by atoms with Crippen molar-refractivity contribution in [3.05, 3.63) is 29.8 Å². The van der Waals surface area contributed by atoms with Gasteiger partial charge in [0.25, 0.3) is 0 Å². The minimum Gasteiger partial charge on any atom is -0.496 e. The first-order valence-electron chi connectivity index (χ1n) is 5.48. The fourth-order valence-corrected chi connectivity index (χ4v) is 1.94. The molecule has 0 saturated carbocycles. The molecule has 2 heteroatoms. The van der Waals surface area contributed by atoms with Crippen LogP contribution in [-0.4, -0.2) is 7.11 Å². The zero-order chi connectivity index (χ0) is 11.5. The van der Waals surface area contributed by atoms with E-state index in [4.69, 9.17) is 10.5 Å². The van der Waals surface area contributed by atoms with Gasteiger partial charge in [0.2, 0.25) is 0 Å². The molecule has 1 aromatic rings. The van der Waals surface area contributed by atoms with Crippen molar-refractivity contribution in [2.24, 2.45) is 11.7 Å². The lowest BCUT2D eigenvalue weighted by Gasteiger charge is -2.34. The molecule has 0 aliphatic carbocycles. The largest absolute Gasteiger partial charge is 0.496 e. The summed E-state index contributed by atoms with van der Waals surface area (Å²) in [7, 11) is 1.69. The average molecular weight is 207 g/mol. The molecule has 2 nitrogen and oxygen atoms in total. The molecule has 84 valence electrons. The number of rotatable bonds is 4. The summed E-state index contributed by atoms with van der Waals surface area (Å²) in [6, 6.07) is 8.01. The second kappa shape index (κ2) is 4.67.